The Kier molecular flexibility index (Phi) is 5.84. The van der Waals surface area contributed by atoms with Crippen LogP contribution < -0.4 is 0 Å². The molecule has 0 N–H and O–H groups in total. The number of aromatic nitrogens is 4. The standard InChI is InChI=1S/C22H25N7O3S2/c1-26(2)22(30)15-7-8-18-17(13-15)23-20(27(18)3)14-28-9-11-29(12-10-28)34(31,32)19-6-4-5-16-21(19)25-33-24-16/h4-8,13H,9-12,14H2,1-3H3. The van der Waals surface area contributed by atoms with E-state index in [0.29, 0.717) is 49.3 Å². The molecule has 0 saturated carbocycles. The number of nitrogens with zero attached hydrogens (tertiary/aromatic N) is 7. The number of benzene rings is 2. The van der Waals surface area contributed by atoms with E-state index in [-0.39, 0.29) is 10.8 Å². The Hall–Kier alpha value is -2.93. The Morgan fingerprint density at radius 2 is 1.82 bits per heavy atom. The summed E-state index contributed by atoms with van der Waals surface area (Å²) in [6, 6.07) is 10.6. The maximum atomic E-state index is 13.3. The highest BCUT2D eigenvalue weighted by atomic mass is 32.2. The number of imidazole rings is 1. The van der Waals surface area contributed by atoms with Crippen molar-refractivity contribution in [3.8, 4) is 0 Å². The van der Waals surface area contributed by atoms with Crippen LogP contribution in [0.5, 0.6) is 0 Å². The first-order chi connectivity index (χ1) is 16.3. The zero-order chi connectivity index (χ0) is 24.0. The van der Waals surface area contributed by atoms with E-state index in [1.165, 1.54) is 4.31 Å². The monoisotopic (exact) mass is 499 g/mol. The molecule has 5 rings (SSSR count). The molecule has 1 saturated heterocycles. The number of hydrogen-bond donors (Lipinski definition) is 0. The molecule has 0 spiro atoms. The molecule has 1 fully saturated rings. The van der Waals surface area contributed by atoms with Gasteiger partial charge in [-0.25, -0.2) is 13.4 Å². The summed E-state index contributed by atoms with van der Waals surface area (Å²) in [5.41, 5.74) is 3.36. The molecule has 0 atom stereocenters. The van der Waals surface area contributed by atoms with Gasteiger partial charge in [0.1, 0.15) is 21.8 Å². The van der Waals surface area contributed by atoms with Crippen LogP contribution in [0.2, 0.25) is 0 Å². The zero-order valence-corrected chi connectivity index (χ0v) is 20.8. The average Bonchev–Trinajstić information content (AvgIpc) is 3.43. The number of rotatable bonds is 5. The Morgan fingerprint density at radius 1 is 1.06 bits per heavy atom. The van der Waals surface area contributed by atoms with Crippen molar-refractivity contribution in [3.63, 3.8) is 0 Å². The molecule has 0 radical (unpaired) electrons. The number of aryl methyl sites for hydroxylation is 1. The van der Waals surface area contributed by atoms with Crippen LogP contribution in [0, 0.1) is 0 Å². The van der Waals surface area contributed by atoms with Crippen LogP contribution in [0.1, 0.15) is 16.2 Å². The largest absolute Gasteiger partial charge is 0.345 e. The Balaban J connectivity index is 1.30. The fraction of sp³-hybridized carbons (Fsp3) is 0.364. The second kappa shape index (κ2) is 8.69. The second-order valence-electron chi connectivity index (χ2n) is 8.56. The lowest BCUT2D eigenvalue weighted by Crippen LogP contribution is -2.48. The topological polar surface area (TPSA) is 105 Å². The smallest absolute Gasteiger partial charge is 0.253 e. The van der Waals surface area contributed by atoms with Gasteiger partial charge in [0, 0.05) is 52.9 Å². The maximum Gasteiger partial charge on any atom is 0.253 e. The van der Waals surface area contributed by atoms with Crippen molar-refractivity contribution in [3.05, 3.63) is 47.8 Å². The molecule has 4 aromatic rings. The minimum atomic E-state index is -3.65. The lowest BCUT2D eigenvalue weighted by molar-refractivity contribution is 0.0827. The Labute approximate surface area is 201 Å². The molecule has 178 valence electrons. The molecule has 2 aromatic heterocycles. The highest BCUT2D eigenvalue weighted by Gasteiger charge is 2.31. The number of hydrogen-bond acceptors (Lipinski definition) is 8. The number of amides is 1. The summed E-state index contributed by atoms with van der Waals surface area (Å²) < 4.78 is 38.4. The first-order valence-corrected chi connectivity index (χ1v) is 13.0. The molecule has 34 heavy (non-hydrogen) atoms. The predicted molar refractivity (Wildman–Crippen MR) is 130 cm³/mol. The van der Waals surface area contributed by atoms with Crippen LogP contribution in [0.4, 0.5) is 0 Å². The van der Waals surface area contributed by atoms with E-state index < -0.39 is 10.0 Å². The number of fused-ring (bicyclic) bond motifs is 2. The molecule has 1 amide bonds. The summed E-state index contributed by atoms with van der Waals surface area (Å²) in [5, 5.41) is 0. The molecule has 0 unspecified atom stereocenters. The highest BCUT2D eigenvalue weighted by Crippen LogP contribution is 2.26. The van der Waals surface area contributed by atoms with Crippen LogP contribution >= 0.6 is 11.7 Å². The minimum absolute atomic E-state index is 0.0597. The molecule has 12 heteroatoms. The van der Waals surface area contributed by atoms with Gasteiger partial charge in [0.2, 0.25) is 10.0 Å². The van der Waals surface area contributed by atoms with Crippen molar-refractivity contribution in [2.75, 3.05) is 40.3 Å². The minimum Gasteiger partial charge on any atom is -0.345 e. The molecule has 1 aliphatic heterocycles. The van der Waals surface area contributed by atoms with Gasteiger partial charge in [0.25, 0.3) is 5.91 Å². The molecule has 0 bridgehead atoms. The van der Waals surface area contributed by atoms with Crippen molar-refractivity contribution in [2.24, 2.45) is 7.05 Å². The molecule has 3 heterocycles. The molecule has 0 aliphatic carbocycles. The van der Waals surface area contributed by atoms with Crippen molar-refractivity contribution in [2.45, 2.75) is 11.4 Å². The Morgan fingerprint density at radius 3 is 2.56 bits per heavy atom. The highest BCUT2D eigenvalue weighted by molar-refractivity contribution is 7.89. The van der Waals surface area contributed by atoms with Crippen LogP contribution in [-0.2, 0) is 23.6 Å². The van der Waals surface area contributed by atoms with Crippen molar-refractivity contribution in [1.82, 2.24) is 32.4 Å². The molecule has 2 aromatic carbocycles. The van der Waals surface area contributed by atoms with Gasteiger partial charge in [-0.3, -0.25) is 9.69 Å². The van der Waals surface area contributed by atoms with Crippen LogP contribution in [0.3, 0.4) is 0 Å². The molecular formula is C22H25N7O3S2. The van der Waals surface area contributed by atoms with E-state index in [9.17, 15) is 13.2 Å². The summed E-state index contributed by atoms with van der Waals surface area (Å²) in [5.74, 6) is 0.814. The normalized spacial score (nSPS) is 15.9. The maximum absolute atomic E-state index is 13.3. The fourth-order valence-electron chi connectivity index (χ4n) is 4.24. The summed E-state index contributed by atoms with van der Waals surface area (Å²) in [7, 11) is 1.76. The van der Waals surface area contributed by atoms with Gasteiger partial charge < -0.3 is 9.47 Å². The van der Waals surface area contributed by atoms with Gasteiger partial charge in [0.05, 0.1) is 29.3 Å². The number of piperazine rings is 1. The SMILES string of the molecule is CN(C)C(=O)c1ccc2c(c1)nc(CN1CCN(S(=O)(=O)c3cccc4nsnc34)CC1)n2C. The van der Waals surface area contributed by atoms with E-state index in [1.807, 2.05) is 29.8 Å². The summed E-state index contributed by atoms with van der Waals surface area (Å²) in [4.78, 5) is 21.0. The molecule has 10 nitrogen and oxygen atoms in total. The van der Waals surface area contributed by atoms with Crippen molar-refractivity contribution in [1.29, 1.82) is 0 Å². The molecule has 1 aliphatic rings. The first-order valence-electron chi connectivity index (χ1n) is 10.9. The van der Waals surface area contributed by atoms with Crippen molar-refractivity contribution >= 4 is 49.7 Å². The van der Waals surface area contributed by atoms with E-state index in [2.05, 4.69) is 13.6 Å². The van der Waals surface area contributed by atoms with Gasteiger partial charge >= 0.3 is 0 Å². The van der Waals surface area contributed by atoms with E-state index in [0.717, 1.165) is 28.6 Å². The number of carbonyl (C=O) groups is 1. The first kappa shape index (κ1) is 22.8. The zero-order valence-electron chi connectivity index (χ0n) is 19.2. The fourth-order valence-corrected chi connectivity index (χ4v) is 6.41. The van der Waals surface area contributed by atoms with E-state index >= 15 is 0 Å². The molecular weight excluding hydrogens is 474 g/mol. The third kappa shape index (κ3) is 3.96. The average molecular weight is 500 g/mol. The number of carbonyl (C=O) groups excluding carboxylic acids is 1. The number of sulfonamides is 1. The third-order valence-electron chi connectivity index (χ3n) is 6.19. The van der Waals surface area contributed by atoms with Crippen LogP contribution in [-0.4, -0.2) is 87.0 Å². The van der Waals surface area contributed by atoms with Gasteiger partial charge in [-0.15, -0.1) is 0 Å². The van der Waals surface area contributed by atoms with Gasteiger partial charge in [-0.2, -0.15) is 13.1 Å². The second-order valence-corrected chi connectivity index (χ2v) is 11.0. The predicted octanol–water partition coefficient (Wildman–Crippen LogP) is 1.79. The Bertz CT molecular complexity index is 1480. The van der Waals surface area contributed by atoms with Gasteiger partial charge in [-0.1, -0.05) is 6.07 Å². The van der Waals surface area contributed by atoms with E-state index in [1.54, 1.807) is 37.2 Å². The van der Waals surface area contributed by atoms with Crippen molar-refractivity contribution < 1.29 is 13.2 Å². The van der Waals surface area contributed by atoms with E-state index in [4.69, 9.17) is 4.98 Å². The van der Waals surface area contributed by atoms with Gasteiger partial charge in [-0.05, 0) is 30.3 Å². The van der Waals surface area contributed by atoms with Gasteiger partial charge in [0.15, 0.2) is 0 Å². The third-order valence-corrected chi connectivity index (χ3v) is 8.66. The summed E-state index contributed by atoms with van der Waals surface area (Å²) >= 11 is 1.02. The van der Waals surface area contributed by atoms with Crippen LogP contribution in [0.25, 0.3) is 22.1 Å². The lowest BCUT2D eigenvalue weighted by Gasteiger charge is -2.33. The van der Waals surface area contributed by atoms with Crippen LogP contribution in [0.15, 0.2) is 41.3 Å². The lowest BCUT2D eigenvalue weighted by atomic mass is 10.2. The quantitative estimate of drug-likeness (QED) is 0.412. The summed E-state index contributed by atoms with van der Waals surface area (Å²) in [6.07, 6.45) is 0. The summed E-state index contributed by atoms with van der Waals surface area (Å²) in [6.45, 7) is 2.57.